The summed E-state index contributed by atoms with van der Waals surface area (Å²) < 4.78 is 2.00. The van der Waals surface area contributed by atoms with E-state index in [4.69, 9.17) is 0 Å². The van der Waals surface area contributed by atoms with E-state index in [2.05, 4.69) is 51.2 Å². The maximum absolute atomic E-state index is 4.37. The van der Waals surface area contributed by atoms with Gasteiger partial charge in [-0.25, -0.2) is 0 Å². The van der Waals surface area contributed by atoms with Crippen molar-refractivity contribution in [1.82, 2.24) is 9.78 Å². The number of rotatable bonds is 5. The van der Waals surface area contributed by atoms with E-state index >= 15 is 0 Å². The molecule has 0 bridgehead atoms. The summed E-state index contributed by atoms with van der Waals surface area (Å²) in [6.45, 7) is 12.0. The van der Waals surface area contributed by atoms with Gasteiger partial charge >= 0.3 is 0 Å². The lowest BCUT2D eigenvalue weighted by atomic mass is 10.1. The topological polar surface area (TPSA) is 29.9 Å². The first-order valence-electron chi connectivity index (χ1n) is 6.22. The molecule has 3 heteroatoms. The fourth-order valence-electron chi connectivity index (χ4n) is 1.67. The summed E-state index contributed by atoms with van der Waals surface area (Å²) in [4.78, 5) is 0. The molecule has 0 aliphatic heterocycles. The van der Waals surface area contributed by atoms with Gasteiger partial charge in [0.25, 0.3) is 0 Å². The molecule has 0 amide bonds. The van der Waals surface area contributed by atoms with E-state index < -0.39 is 0 Å². The molecule has 0 fully saturated rings. The van der Waals surface area contributed by atoms with Crippen molar-refractivity contribution in [1.29, 1.82) is 0 Å². The summed E-state index contributed by atoms with van der Waals surface area (Å²) in [5, 5.41) is 7.80. The van der Waals surface area contributed by atoms with Gasteiger partial charge < -0.3 is 5.32 Å². The Morgan fingerprint density at radius 2 is 2.12 bits per heavy atom. The van der Waals surface area contributed by atoms with Crippen LogP contribution in [0.4, 0.5) is 5.69 Å². The molecular formula is C13H25N3. The van der Waals surface area contributed by atoms with Gasteiger partial charge in [-0.05, 0) is 33.1 Å². The third-order valence-electron chi connectivity index (χ3n) is 2.71. The average molecular weight is 223 g/mol. The highest BCUT2D eigenvalue weighted by molar-refractivity contribution is 5.38. The van der Waals surface area contributed by atoms with Gasteiger partial charge in [-0.15, -0.1) is 0 Å². The molecule has 1 aromatic rings. The van der Waals surface area contributed by atoms with Gasteiger partial charge in [0.2, 0.25) is 0 Å². The van der Waals surface area contributed by atoms with Crippen molar-refractivity contribution in [2.24, 2.45) is 5.92 Å². The highest BCUT2D eigenvalue weighted by Gasteiger charge is 2.13. The van der Waals surface area contributed by atoms with E-state index in [0.29, 0.717) is 0 Å². The van der Waals surface area contributed by atoms with Crippen molar-refractivity contribution in [3.63, 3.8) is 0 Å². The van der Waals surface area contributed by atoms with Crippen molar-refractivity contribution in [2.75, 3.05) is 11.9 Å². The Morgan fingerprint density at radius 3 is 2.62 bits per heavy atom. The van der Waals surface area contributed by atoms with Crippen LogP contribution >= 0.6 is 0 Å². The summed E-state index contributed by atoms with van der Waals surface area (Å²) in [5.74, 6) is 0.725. The zero-order valence-electron chi connectivity index (χ0n) is 11.2. The minimum Gasteiger partial charge on any atom is -0.382 e. The fraction of sp³-hybridized carbons (Fsp3) is 0.769. The van der Waals surface area contributed by atoms with Gasteiger partial charge in [-0.3, -0.25) is 4.68 Å². The molecule has 0 saturated heterocycles. The number of anilines is 1. The molecule has 0 aliphatic carbocycles. The number of nitrogens with one attached hydrogen (secondary N) is 1. The molecule has 1 heterocycles. The normalized spacial score (nSPS) is 13.8. The smallest absolute Gasteiger partial charge is 0.0726 e. The standard InChI is InChI=1S/C13H25N3/c1-6-7-11(2)8-14-12-9-15-16(10-12)13(3,4)5/h9-11,14H,6-8H2,1-5H3. The predicted octanol–water partition coefficient (Wildman–Crippen LogP) is 3.49. The first-order valence-corrected chi connectivity index (χ1v) is 6.22. The van der Waals surface area contributed by atoms with Crippen molar-refractivity contribution in [3.05, 3.63) is 12.4 Å². The van der Waals surface area contributed by atoms with Crippen LogP contribution in [0.25, 0.3) is 0 Å². The van der Waals surface area contributed by atoms with Gasteiger partial charge in [-0.1, -0.05) is 20.3 Å². The van der Waals surface area contributed by atoms with Gasteiger partial charge in [-0.2, -0.15) is 5.10 Å². The summed E-state index contributed by atoms with van der Waals surface area (Å²) in [6, 6.07) is 0. The van der Waals surface area contributed by atoms with Crippen LogP contribution in [0.3, 0.4) is 0 Å². The molecule has 1 aromatic heterocycles. The molecule has 1 unspecified atom stereocenters. The van der Waals surface area contributed by atoms with Gasteiger partial charge in [0, 0.05) is 12.7 Å². The van der Waals surface area contributed by atoms with Crippen LogP contribution in [0.5, 0.6) is 0 Å². The molecule has 1 atom stereocenters. The summed E-state index contributed by atoms with van der Waals surface area (Å²) in [7, 11) is 0. The Hall–Kier alpha value is -0.990. The maximum Gasteiger partial charge on any atom is 0.0726 e. The largest absolute Gasteiger partial charge is 0.382 e. The number of hydrogen-bond donors (Lipinski definition) is 1. The van der Waals surface area contributed by atoms with E-state index in [1.54, 1.807) is 0 Å². The molecule has 3 nitrogen and oxygen atoms in total. The van der Waals surface area contributed by atoms with Crippen LogP contribution in [-0.4, -0.2) is 16.3 Å². The third-order valence-corrected chi connectivity index (χ3v) is 2.71. The number of hydrogen-bond acceptors (Lipinski definition) is 2. The van der Waals surface area contributed by atoms with Gasteiger partial charge in [0.15, 0.2) is 0 Å². The lowest BCUT2D eigenvalue weighted by Gasteiger charge is -2.18. The lowest BCUT2D eigenvalue weighted by molar-refractivity contribution is 0.355. The third kappa shape index (κ3) is 3.87. The average Bonchev–Trinajstić information content (AvgIpc) is 2.63. The second-order valence-corrected chi connectivity index (χ2v) is 5.62. The van der Waals surface area contributed by atoms with Crippen molar-refractivity contribution >= 4 is 5.69 Å². The Balaban J connectivity index is 2.47. The molecule has 1 rings (SSSR count). The Kier molecular flexibility index (Phi) is 4.39. The molecule has 16 heavy (non-hydrogen) atoms. The molecule has 0 radical (unpaired) electrons. The Bertz CT molecular complexity index is 309. The van der Waals surface area contributed by atoms with E-state index in [1.807, 2.05) is 10.9 Å². The van der Waals surface area contributed by atoms with Crippen LogP contribution in [0.15, 0.2) is 12.4 Å². The Morgan fingerprint density at radius 1 is 1.44 bits per heavy atom. The SMILES string of the molecule is CCCC(C)CNc1cnn(C(C)(C)C)c1. The molecule has 0 aliphatic rings. The van der Waals surface area contributed by atoms with E-state index in [-0.39, 0.29) is 5.54 Å². The second kappa shape index (κ2) is 5.37. The van der Waals surface area contributed by atoms with E-state index in [9.17, 15) is 0 Å². The van der Waals surface area contributed by atoms with Crippen LogP contribution in [0, 0.1) is 5.92 Å². The van der Waals surface area contributed by atoms with E-state index in [0.717, 1.165) is 18.2 Å². The quantitative estimate of drug-likeness (QED) is 0.828. The van der Waals surface area contributed by atoms with Crippen LogP contribution in [0.2, 0.25) is 0 Å². The Labute approximate surface area is 99.2 Å². The molecule has 0 aromatic carbocycles. The van der Waals surface area contributed by atoms with Crippen LogP contribution in [0.1, 0.15) is 47.5 Å². The molecule has 0 spiro atoms. The molecule has 92 valence electrons. The maximum atomic E-state index is 4.37. The molecule has 1 N–H and O–H groups in total. The highest BCUT2D eigenvalue weighted by atomic mass is 15.3. The summed E-state index contributed by atoms with van der Waals surface area (Å²) >= 11 is 0. The molecule has 0 saturated carbocycles. The van der Waals surface area contributed by atoms with Gasteiger partial charge in [0.1, 0.15) is 0 Å². The lowest BCUT2D eigenvalue weighted by Crippen LogP contribution is -2.22. The monoisotopic (exact) mass is 223 g/mol. The second-order valence-electron chi connectivity index (χ2n) is 5.62. The fourth-order valence-corrected chi connectivity index (χ4v) is 1.67. The first kappa shape index (κ1) is 13.1. The first-order chi connectivity index (χ1) is 7.43. The number of aromatic nitrogens is 2. The number of nitrogens with zero attached hydrogens (tertiary/aromatic N) is 2. The summed E-state index contributed by atoms with van der Waals surface area (Å²) in [6.07, 6.45) is 6.52. The summed E-state index contributed by atoms with van der Waals surface area (Å²) in [5.41, 5.74) is 1.19. The van der Waals surface area contributed by atoms with Crippen LogP contribution in [-0.2, 0) is 5.54 Å². The van der Waals surface area contributed by atoms with Crippen molar-refractivity contribution in [2.45, 2.75) is 53.0 Å². The van der Waals surface area contributed by atoms with Crippen LogP contribution < -0.4 is 5.32 Å². The van der Waals surface area contributed by atoms with Crippen molar-refractivity contribution in [3.8, 4) is 0 Å². The minimum absolute atomic E-state index is 0.0644. The zero-order valence-corrected chi connectivity index (χ0v) is 11.2. The zero-order chi connectivity index (χ0) is 12.2. The van der Waals surface area contributed by atoms with Crippen molar-refractivity contribution < 1.29 is 0 Å². The highest BCUT2D eigenvalue weighted by Crippen LogP contribution is 2.16. The molecular weight excluding hydrogens is 198 g/mol. The van der Waals surface area contributed by atoms with Gasteiger partial charge in [0.05, 0.1) is 17.4 Å². The predicted molar refractivity (Wildman–Crippen MR) is 69.8 cm³/mol. The van der Waals surface area contributed by atoms with E-state index in [1.165, 1.54) is 12.8 Å². The minimum atomic E-state index is 0.0644.